The summed E-state index contributed by atoms with van der Waals surface area (Å²) in [6.07, 6.45) is 3.72. The summed E-state index contributed by atoms with van der Waals surface area (Å²) in [6, 6.07) is 8.10. The molecule has 23 heavy (non-hydrogen) atoms. The molecule has 0 atom stereocenters. The summed E-state index contributed by atoms with van der Waals surface area (Å²) >= 11 is 1.43. The Kier molecular flexibility index (Phi) is 4.35. The molecule has 0 radical (unpaired) electrons. The molecule has 1 aromatic carbocycles. The van der Waals surface area contributed by atoms with Crippen LogP contribution in [-0.4, -0.2) is 24.3 Å². The van der Waals surface area contributed by atoms with Crippen LogP contribution in [0.1, 0.15) is 11.4 Å². The lowest BCUT2D eigenvalue weighted by molar-refractivity contribution is -0.119. The van der Waals surface area contributed by atoms with Gasteiger partial charge in [0.1, 0.15) is 0 Å². The van der Waals surface area contributed by atoms with E-state index in [1.807, 2.05) is 5.38 Å². The fourth-order valence-electron chi connectivity index (χ4n) is 2.16. The standard InChI is InChI=1S/C15H13N3O3S2/c19-14(6-7-15-17-9-10-22-15)18-23(20,21)13-5-1-4-12-11(13)3-2-8-16-12/h1-5,8-10H,6-7H2,(H,18,19). The Hall–Kier alpha value is -2.32. The second kappa shape index (κ2) is 6.43. The minimum Gasteiger partial charge on any atom is -0.274 e. The number of benzene rings is 1. The van der Waals surface area contributed by atoms with Crippen molar-refractivity contribution in [1.82, 2.24) is 14.7 Å². The molecule has 8 heteroatoms. The van der Waals surface area contributed by atoms with Crippen molar-refractivity contribution in [3.8, 4) is 0 Å². The number of sulfonamides is 1. The van der Waals surface area contributed by atoms with Gasteiger partial charge in [0, 0.05) is 36.0 Å². The monoisotopic (exact) mass is 347 g/mol. The van der Waals surface area contributed by atoms with Crippen LogP contribution in [0.15, 0.2) is 53.0 Å². The van der Waals surface area contributed by atoms with E-state index >= 15 is 0 Å². The first-order valence-electron chi connectivity index (χ1n) is 6.84. The number of thiazole rings is 1. The Morgan fingerprint density at radius 3 is 2.78 bits per heavy atom. The summed E-state index contributed by atoms with van der Waals surface area (Å²) in [5, 5.41) is 3.09. The highest BCUT2D eigenvalue weighted by molar-refractivity contribution is 7.90. The molecule has 118 valence electrons. The maximum Gasteiger partial charge on any atom is 0.264 e. The molecule has 6 nitrogen and oxygen atoms in total. The average Bonchev–Trinajstić information content (AvgIpc) is 3.05. The Morgan fingerprint density at radius 2 is 2.00 bits per heavy atom. The fraction of sp³-hybridized carbons (Fsp3) is 0.133. The number of aryl methyl sites for hydroxylation is 1. The molecule has 3 aromatic rings. The third kappa shape index (κ3) is 3.54. The zero-order valence-electron chi connectivity index (χ0n) is 12.0. The van der Waals surface area contributed by atoms with Crippen molar-refractivity contribution in [3.63, 3.8) is 0 Å². The molecule has 0 bridgehead atoms. The van der Waals surface area contributed by atoms with Crippen molar-refractivity contribution < 1.29 is 13.2 Å². The van der Waals surface area contributed by atoms with Crippen molar-refractivity contribution >= 4 is 38.2 Å². The number of carbonyl (C=O) groups excluding carboxylic acids is 1. The first-order valence-corrected chi connectivity index (χ1v) is 9.20. The first-order chi connectivity index (χ1) is 11.1. The van der Waals surface area contributed by atoms with E-state index in [9.17, 15) is 13.2 Å². The number of carbonyl (C=O) groups is 1. The van der Waals surface area contributed by atoms with Crippen LogP contribution in [0.4, 0.5) is 0 Å². The normalized spacial score (nSPS) is 11.5. The van der Waals surface area contributed by atoms with Gasteiger partial charge < -0.3 is 0 Å². The summed E-state index contributed by atoms with van der Waals surface area (Å²) in [6.45, 7) is 0. The van der Waals surface area contributed by atoms with Crippen LogP contribution in [0.3, 0.4) is 0 Å². The van der Waals surface area contributed by atoms with Gasteiger partial charge in [-0.15, -0.1) is 11.3 Å². The maximum atomic E-state index is 12.4. The molecular weight excluding hydrogens is 334 g/mol. The number of nitrogens with zero attached hydrogens (tertiary/aromatic N) is 2. The highest BCUT2D eigenvalue weighted by atomic mass is 32.2. The van der Waals surface area contributed by atoms with Gasteiger partial charge in [0.25, 0.3) is 10.0 Å². The van der Waals surface area contributed by atoms with E-state index in [0.717, 1.165) is 5.01 Å². The van der Waals surface area contributed by atoms with Gasteiger partial charge >= 0.3 is 0 Å². The van der Waals surface area contributed by atoms with Gasteiger partial charge in [-0.05, 0) is 24.3 Å². The number of fused-ring (bicyclic) bond motifs is 1. The average molecular weight is 347 g/mol. The summed E-state index contributed by atoms with van der Waals surface area (Å²) in [5.41, 5.74) is 0.561. The van der Waals surface area contributed by atoms with Crippen molar-refractivity contribution in [2.24, 2.45) is 0 Å². The van der Waals surface area contributed by atoms with E-state index in [2.05, 4.69) is 14.7 Å². The van der Waals surface area contributed by atoms with Gasteiger partial charge in [0.15, 0.2) is 0 Å². The van der Waals surface area contributed by atoms with Gasteiger partial charge in [-0.25, -0.2) is 18.1 Å². The minimum absolute atomic E-state index is 0.0469. The van der Waals surface area contributed by atoms with Crippen LogP contribution >= 0.6 is 11.3 Å². The summed E-state index contributed by atoms with van der Waals surface area (Å²) in [4.78, 5) is 20.2. The SMILES string of the molecule is O=C(CCc1nccs1)NS(=O)(=O)c1cccc2ncccc12. The molecule has 0 fully saturated rings. The number of hydrogen-bond donors (Lipinski definition) is 1. The molecule has 0 aliphatic carbocycles. The zero-order valence-corrected chi connectivity index (χ0v) is 13.6. The topological polar surface area (TPSA) is 89.0 Å². The zero-order chi connectivity index (χ0) is 16.3. The molecule has 0 saturated carbocycles. The lowest BCUT2D eigenvalue weighted by Gasteiger charge is -2.09. The third-order valence-electron chi connectivity index (χ3n) is 3.19. The molecular formula is C15H13N3O3S2. The van der Waals surface area contributed by atoms with Gasteiger partial charge in [-0.2, -0.15) is 0 Å². The van der Waals surface area contributed by atoms with Crippen molar-refractivity contribution in [2.75, 3.05) is 0 Å². The molecule has 3 rings (SSSR count). The number of aromatic nitrogens is 2. The first kappa shape index (κ1) is 15.6. The second-order valence-electron chi connectivity index (χ2n) is 4.78. The van der Waals surface area contributed by atoms with Crippen LogP contribution in [0, 0.1) is 0 Å². The predicted octanol–water partition coefficient (Wildman–Crippen LogP) is 2.13. The number of nitrogens with one attached hydrogen (secondary N) is 1. The Bertz CT molecular complexity index is 932. The fourth-order valence-corrected chi connectivity index (χ4v) is 4.01. The summed E-state index contributed by atoms with van der Waals surface area (Å²) in [7, 11) is -3.93. The van der Waals surface area contributed by atoms with E-state index < -0.39 is 15.9 Å². The molecule has 2 heterocycles. The second-order valence-corrected chi connectivity index (χ2v) is 7.41. The Balaban J connectivity index is 1.79. The quantitative estimate of drug-likeness (QED) is 0.764. The van der Waals surface area contributed by atoms with Gasteiger partial charge in [-0.1, -0.05) is 6.07 Å². The number of pyridine rings is 1. The van der Waals surface area contributed by atoms with Crippen LogP contribution < -0.4 is 4.72 Å². The molecule has 0 saturated heterocycles. The van der Waals surface area contributed by atoms with E-state index in [4.69, 9.17) is 0 Å². The van der Waals surface area contributed by atoms with E-state index in [0.29, 0.717) is 17.3 Å². The lowest BCUT2D eigenvalue weighted by Crippen LogP contribution is -2.30. The minimum atomic E-state index is -3.93. The van der Waals surface area contributed by atoms with Crippen molar-refractivity contribution in [3.05, 3.63) is 53.1 Å². The molecule has 1 amide bonds. The molecule has 1 N–H and O–H groups in total. The number of hydrogen-bond acceptors (Lipinski definition) is 6. The molecule has 0 unspecified atom stereocenters. The van der Waals surface area contributed by atoms with E-state index in [-0.39, 0.29) is 11.3 Å². The molecule has 2 aromatic heterocycles. The van der Waals surface area contributed by atoms with E-state index in [1.165, 1.54) is 17.4 Å². The largest absolute Gasteiger partial charge is 0.274 e. The Morgan fingerprint density at radius 1 is 1.13 bits per heavy atom. The van der Waals surface area contributed by atoms with E-state index in [1.54, 1.807) is 36.7 Å². The third-order valence-corrected chi connectivity index (χ3v) is 5.46. The van der Waals surface area contributed by atoms with Crippen molar-refractivity contribution in [1.29, 1.82) is 0 Å². The van der Waals surface area contributed by atoms with Crippen molar-refractivity contribution in [2.45, 2.75) is 17.7 Å². The summed E-state index contributed by atoms with van der Waals surface area (Å²) < 4.78 is 27.0. The number of amides is 1. The van der Waals surface area contributed by atoms with Crippen LogP contribution in [-0.2, 0) is 21.2 Å². The molecule has 0 aliphatic heterocycles. The highest BCUT2D eigenvalue weighted by Gasteiger charge is 2.20. The smallest absolute Gasteiger partial charge is 0.264 e. The molecule has 0 spiro atoms. The highest BCUT2D eigenvalue weighted by Crippen LogP contribution is 2.21. The Labute approximate surface area is 137 Å². The molecule has 0 aliphatic rings. The maximum absolute atomic E-state index is 12.4. The van der Waals surface area contributed by atoms with Crippen LogP contribution in [0.25, 0.3) is 10.9 Å². The van der Waals surface area contributed by atoms with Crippen LogP contribution in [0.5, 0.6) is 0 Å². The number of rotatable bonds is 5. The van der Waals surface area contributed by atoms with Gasteiger partial charge in [0.05, 0.1) is 15.4 Å². The lowest BCUT2D eigenvalue weighted by atomic mass is 10.2. The predicted molar refractivity (Wildman–Crippen MR) is 87.5 cm³/mol. The summed E-state index contributed by atoms with van der Waals surface area (Å²) in [5.74, 6) is -0.555. The van der Waals surface area contributed by atoms with Gasteiger partial charge in [-0.3, -0.25) is 9.78 Å². The van der Waals surface area contributed by atoms with Gasteiger partial charge in [0.2, 0.25) is 5.91 Å². The van der Waals surface area contributed by atoms with Crippen LogP contribution in [0.2, 0.25) is 0 Å².